The normalized spacial score (nSPS) is 18.3. The van der Waals surface area contributed by atoms with Crippen LogP contribution in [0.4, 0.5) is 24.8 Å². The van der Waals surface area contributed by atoms with Crippen molar-refractivity contribution < 1.29 is 22.6 Å². The third-order valence-corrected chi connectivity index (χ3v) is 5.41. The molecule has 0 saturated carbocycles. The van der Waals surface area contributed by atoms with Crippen LogP contribution in [0.2, 0.25) is 0 Å². The number of benzene rings is 1. The van der Waals surface area contributed by atoms with Gasteiger partial charge in [0.2, 0.25) is 0 Å². The lowest BCUT2D eigenvalue weighted by molar-refractivity contribution is -0.274. The Morgan fingerprint density at radius 3 is 2.06 bits per heavy atom. The van der Waals surface area contributed by atoms with Gasteiger partial charge in [-0.05, 0) is 24.6 Å². The van der Waals surface area contributed by atoms with Gasteiger partial charge in [0.15, 0.2) is 0 Å². The van der Waals surface area contributed by atoms with Crippen molar-refractivity contribution in [3.63, 3.8) is 0 Å². The molecule has 2 saturated heterocycles. The van der Waals surface area contributed by atoms with Gasteiger partial charge in [0, 0.05) is 51.9 Å². The van der Waals surface area contributed by atoms with E-state index in [1.165, 1.54) is 12.1 Å². The molecule has 0 bridgehead atoms. The third kappa shape index (κ3) is 5.98. The van der Waals surface area contributed by atoms with Crippen LogP contribution in [0.15, 0.2) is 30.3 Å². The Balaban J connectivity index is 1.33. The van der Waals surface area contributed by atoms with Crippen molar-refractivity contribution in [3.8, 4) is 5.75 Å². The molecule has 4 rings (SSSR count). The predicted molar refractivity (Wildman–Crippen MR) is 110 cm³/mol. The number of aromatic nitrogens is 2. The van der Waals surface area contributed by atoms with Gasteiger partial charge in [0.25, 0.3) is 0 Å². The monoisotopic (exact) mass is 437 g/mol. The first kappa shape index (κ1) is 21.6. The first-order chi connectivity index (χ1) is 14.9. The van der Waals surface area contributed by atoms with E-state index in [0.29, 0.717) is 19.8 Å². The molecule has 0 atom stereocenters. The number of halogens is 3. The average Bonchev–Trinajstić information content (AvgIpc) is 2.75. The molecule has 0 amide bonds. The van der Waals surface area contributed by atoms with Crippen molar-refractivity contribution >= 4 is 11.6 Å². The van der Waals surface area contributed by atoms with E-state index in [0.717, 1.165) is 62.3 Å². The summed E-state index contributed by atoms with van der Waals surface area (Å²) in [5.74, 6) is 2.43. The molecule has 0 radical (unpaired) electrons. The van der Waals surface area contributed by atoms with Crippen LogP contribution in [-0.2, 0) is 11.3 Å². The highest BCUT2D eigenvalue weighted by molar-refractivity contribution is 5.51. The standard InChI is InChI=1S/C21H26F3N5O2/c1-16-25-19(14-20(26-16)29-10-12-30-13-11-29)28-8-6-27(7-9-28)15-17-2-4-18(5-3-17)31-21(22,23)24/h2-5,14H,6-13,15H2,1H3. The summed E-state index contributed by atoms with van der Waals surface area (Å²) < 4.78 is 46.2. The van der Waals surface area contributed by atoms with E-state index in [9.17, 15) is 13.2 Å². The second-order valence-corrected chi connectivity index (χ2v) is 7.69. The number of rotatable bonds is 5. The summed E-state index contributed by atoms with van der Waals surface area (Å²) >= 11 is 0. The third-order valence-electron chi connectivity index (χ3n) is 5.41. The van der Waals surface area contributed by atoms with Crippen LogP contribution < -0.4 is 14.5 Å². The quantitative estimate of drug-likeness (QED) is 0.713. The number of morpholine rings is 1. The molecule has 0 unspecified atom stereocenters. The molecule has 2 aromatic rings. The molecule has 1 aromatic carbocycles. The van der Waals surface area contributed by atoms with Gasteiger partial charge in [-0.2, -0.15) is 0 Å². The number of nitrogens with zero attached hydrogens (tertiary/aromatic N) is 5. The maximum Gasteiger partial charge on any atom is 0.573 e. The zero-order valence-electron chi connectivity index (χ0n) is 17.4. The van der Waals surface area contributed by atoms with Gasteiger partial charge in [0.05, 0.1) is 13.2 Å². The second-order valence-electron chi connectivity index (χ2n) is 7.69. The molecule has 31 heavy (non-hydrogen) atoms. The van der Waals surface area contributed by atoms with Crippen molar-refractivity contribution in [2.24, 2.45) is 0 Å². The summed E-state index contributed by atoms with van der Waals surface area (Å²) in [7, 11) is 0. The number of alkyl halides is 3. The van der Waals surface area contributed by atoms with Gasteiger partial charge in [-0.15, -0.1) is 13.2 Å². The first-order valence-electron chi connectivity index (χ1n) is 10.4. The van der Waals surface area contributed by atoms with E-state index in [4.69, 9.17) is 4.74 Å². The average molecular weight is 437 g/mol. The number of ether oxygens (including phenoxy) is 2. The minimum Gasteiger partial charge on any atom is -0.406 e. The summed E-state index contributed by atoms with van der Waals surface area (Å²) in [6, 6.07) is 8.12. The molecule has 168 valence electrons. The number of aryl methyl sites for hydroxylation is 1. The lowest BCUT2D eigenvalue weighted by atomic mass is 10.2. The zero-order chi connectivity index (χ0) is 21.8. The minimum atomic E-state index is -4.67. The fraction of sp³-hybridized carbons (Fsp3) is 0.524. The SMILES string of the molecule is Cc1nc(N2CCOCC2)cc(N2CCN(Cc3ccc(OC(F)(F)F)cc3)CC2)n1. The van der Waals surface area contributed by atoms with Crippen LogP contribution in [0.25, 0.3) is 0 Å². The Labute approximate surface area is 179 Å². The molecule has 2 fully saturated rings. The Morgan fingerprint density at radius 2 is 1.48 bits per heavy atom. The van der Waals surface area contributed by atoms with Crippen LogP contribution in [0, 0.1) is 6.92 Å². The van der Waals surface area contributed by atoms with Crippen molar-refractivity contribution in [1.82, 2.24) is 14.9 Å². The predicted octanol–water partition coefficient (Wildman–Crippen LogP) is 2.84. The summed E-state index contributed by atoms with van der Waals surface area (Å²) in [6.07, 6.45) is -4.67. The van der Waals surface area contributed by atoms with Crippen LogP contribution in [-0.4, -0.2) is 73.7 Å². The van der Waals surface area contributed by atoms with Gasteiger partial charge < -0.3 is 19.3 Å². The molecule has 10 heteroatoms. The Morgan fingerprint density at radius 1 is 0.903 bits per heavy atom. The fourth-order valence-corrected chi connectivity index (χ4v) is 3.84. The lowest BCUT2D eigenvalue weighted by Crippen LogP contribution is -2.46. The number of hydrogen-bond donors (Lipinski definition) is 0. The van der Waals surface area contributed by atoms with Crippen molar-refractivity contribution in [1.29, 1.82) is 0 Å². The van der Waals surface area contributed by atoms with E-state index in [1.807, 2.05) is 13.0 Å². The number of hydrogen-bond acceptors (Lipinski definition) is 7. The highest BCUT2D eigenvalue weighted by Crippen LogP contribution is 2.24. The van der Waals surface area contributed by atoms with Crippen LogP contribution in [0.3, 0.4) is 0 Å². The van der Waals surface area contributed by atoms with Gasteiger partial charge in [0.1, 0.15) is 23.2 Å². The summed E-state index contributed by atoms with van der Waals surface area (Å²) in [5, 5.41) is 0. The van der Waals surface area contributed by atoms with Crippen LogP contribution in [0.1, 0.15) is 11.4 Å². The molecular weight excluding hydrogens is 411 g/mol. The Bertz CT molecular complexity index is 864. The molecule has 3 heterocycles. The van der Waals surface area contributed by atoms with E-state index >= 15 is 0 Å². The Hall–Kier alpha value is -2.59. The topological polar surface area (TPSA) is 54.0 Å². The summed E-state index contributed by atoms with van der Waals surface area (Å²) in [6.45, 7) is 9.02. The van der Waals surface area contributed by atoms with Crippen molar-refractivity contribution in [2.75, 3.05) is 62.3 Å². The molecule has 2 aliphatic heterocycles. The fourth-order valence-electron chi connectivity index (χ4n) is 3.84. The highest BCUT2D eigenvalue weighted by Gasteiger charge is 2.31. The molecule has 7 nitrogen and oxygen atoms in total. The summed E-state index contributed by atoms with van der Waals surface area (Å²) in [5.41, 5.74) is 0.954. The van der Waals surface area contributed by atoms with Crippen molar-refractivity contribution in [2.45, 2.75) is 19.8 Å². The maximum atomic E-state index is 12.3. The van der Waals surface area contributed by atoms with E-state index in [1.54, 1.807) is 12.1 Å². The minimum absolute atomic E-state index is 0.198. The van der Waals surface area contributed by atoms with Crippen LogP contribution >= 0.6 is 0 Å². The molecule has 0 spiro atoms. The molecule has 0 aliphatic carbocycles. The number of piperazine rings is 1. The zero-order valence-corrected chi connectivity index (χ0v) is 17.4. The molecule has 2 aliphatic rings. The maximum absolute atomic E-state index is 12.3. The number of anilines is 2. The largest absolute Gasteiger partial charge is 0.573 e. The van der Waals surface area contributed by atoms with E-state index in [2.05, 4.69) is 29.4 Å². The van der Waals surface area contributed by atoms with E-state index < -0.39 is 6.36 Å². The summed E-state index contributed by atoms with van der Waals surface area (Å²) in [4.78, 5) is 16.0. The highest BCUT2D eigenvalue weighted by atomic mass is 19.4. The van der Waals surface area contributed by atoms with E-state index in [-0.39, 0.29) is 5.75 Å². The lowest BCUT2D eigenvalue weighted by Gasteiger charge is -2.36. The van der Waals surface area contributed by atoms with Gasteiger partial charge in [-0.3, -0.25) is 4.90 Å². The van der Waals surface area contributed by atoms with Gasteiger partial charge in [-0.25, -0.2) is 9.97 Å². The smallest absolute Gasteiger partial charge is 0.406 e. The molecular formula is C21H26F3N5O2. The van der Waals surface area contributed by atoms with Crippen molar-refractivity contribution in [3.05, 3.63) is 41.7 Å². The van der Waals surface area contributed by atoms with Gasteiger partial charge >= 0.3 is 6.36 Å². The molecule has 1 aromatic heterocycles. The van der Waals surface area contributed by atoms with Crippen LogP contribution in [0.5, 0.6) is 5.75 Å². The molecule has 0 N–H and O–H groups in total. The Kier molecular flexibility index (Phi) is 6.47. The van der Waals surface area contributed by atoms with Gasteiger partial charge in [-0.1, -0.05) is 12.1 Å². The first-order valence-corrected chi connectivity index (χ1v) is 10.4. The second kappa shape index (κ2) is 9.27.